The van der Waals surface area contributed by atoms with Crippen LogP contribution in [0.1, 0.15) is 96.8 Å². The highest BCUT2D eigenvalue weighted by atomic mass is 16.7. The first-order chi connectivity index (χ1) is 15.1. The van der Waals surface area contributed by atoms with E-state index in [0.29, 0.717) is 13.2 Å². The van der Waals surface area contributed by atoms with Gasteiger partial charge in [-0.2, -0.15) is 0 Å². The fourth-order valence-corrected chi connectivity index (χ4v) is 3.93. The second-order valence-electron chi connectivity index (χ2n) is 8.78. The van der Waals surface area contributed by atoms with Gasteiger partial charge in [-0.1, -0.05) is 90.4 Å². The minimum atomic E-state index is -1.41. The van der Waals surface area contributed by atoms with Gasteiger partial charge in [0.2, 0.25) is 0 Å². The first-order valence-electron chi connectivity index (χ1n) is 12.6. The van der Waals surface area contributed by atoms with E-state index >= 15 is 0 Å². The summed E-state index contributed by atoms with van der Waals surface area (Å²) >= 11 is 0. The van der Waals surface area contributed by atoms with Crippen molar-refractivity contribution in [2.75, 3.05) is 26.4 Å². The van der Waals surface area contributed by atoms with Crippen molar-refractivity contribution in [3.05, 3.63) is 0 Å². The normalized spacial score (nSPS) is 26.4. The number of aliphatic hydroxyl groups is 4. The molecule has 4 N–H and O–H groups in total. The van der Waals surface area contributed by atoms with Crippen molar-refractivity contribution in [1.82, 2.24) is 0 Å². The molecule has 0 aromatic heterocycles. The molecule has 0 spiro atoms. The van der Waals surface area contributed by atoms with Gasteiger partial charge in [0.25, 0.3) is 0 Å². The molecule has 0 aliphatic carbocycles. The summed E-state index contributed by atoms with van der Waals surface area (Å²) in [6, 6.07) is 0. The monoisotopic (exact) mass is 448 g/mol. The van der Waals surface area contributed by atoms with Crippen molar-refractivity contribution < 1.29 is 34.6 Å². The lowest BCUT2D eigenvalue weighted by atomic mass is 9.99. The molecule has 1 aliphatic heterocycles. The molecular weight excluding hydrogens is 400 g/mol. The SMILES string of the molecule is CCCCCCCCCCCCCCCCOCCO[C@@H]1O[C@H](CO)[C@H](O)[C@H](O)[C@H]1O. The van der Waals surface area contributed by atoms with E-state index < -0.39 is 37.3 Å². The van der Waals surface area contributed by atoms with Gasteiger partial charge >= 0.3 is 0 Å². The number of rotatable bonds is 20. The maximum atomic E-state index is 9.88. The van der Waals surface area contributed by atoms with Crippen LogP contribution in [-0.2, 0) is 14.2 Å². The van der Waals surface area contributed by atoms with Crippen molar-refractivity contribution in [3.8, 4) is 0 Å². The summed E-state index contributed by atoms with van der Waals surface area (Å²) in [5.74, 6) is 0. The summed E-state index contributed by atoms with van der Waals surface area (Å²) in [5, 5.41) is 38.5. The number of ether oxygens (including phenoxy) is 3. The van der Waals surface area contributed by atoms with Crippen LogP contribution in [0, 0.1) is 0 Å². The average molecular weight is 449 g/mol. The molecule has 7 nitrogen and oxygen atoms in total. The zero-order valence-electron chi connectivity index (χ0n) is 19.6. The van der Waals surface area contributed by atoms with Crippen LogP contribution in [0.15, 0.2) is 0 Å². The molecule has 7 heteroatoms. The summed E-state index contributed by atoms with van der Waals surface area (Å²) in [7, 11) is 0. The smallest absolute Gasteiger partial charge is 0.186 e. The van der Waals surface area contributed by atoms with Crippen LogP contribution < -0.4 is 0 Å². The van der Waals surface area contributed by atoms with Gasteiger partial charge in [0, 0.05) is 6.61 Å². The maximum absolute atomic E-state index is 9.88. The zero-order valence-corrected chi connectivity index (χ0v) is 19.6. The maximum Gasteiger partial charge on any atom is 0.186 e. The van der Waals surface area contributed by atoms with Crippen molar-refractivity contribution in [1.29, 1.82) is 0 Å². The summed E-state index contributed by atoms with van der Waals surface area (Å²) in [6.45, 7) is 3.06. The summed E-state index contributed by atoms with van der Waals surface area (Å²) < 4.78 is 16.2. The van der Waals surface area contributed by atoms with Crippen LogP contribution >= 0.6 is 0 Å². The van der Waals surface area contributed by atoms with Crippen molar-refractivity contribution in [2.24, 2.45) is 0 Å². The highest BCUT2D eigenvalue weighted by Gasteiger charge is 2.43. The lowest BCUT2D eigenvalue weighted by molar-refractivity contribution is -0.302. The fraction of sp³-hybridized carbons (Fsp3) is 1.00. The molecule has 0 unspecified atom stereocenters. The van der Waals surface area contributed by atoms with E-state index in [4.69, 9.17) is 19.3 Å². The first kappa shape index (κ1) is 28.8. The average Bonchev–Trinajstić information content (AvgIpc) is 2.78. The quantitative estimate of drug-likeness (QED) is 0.212. The van der Waals surface area contributed by atoms with Gasteiger partial charge in [0.1, 0.15) is 24.4 Å². The van der Waals surface area contributed by atoms with E-state index in [2.05, 4.69) is 6.92 Å². The molecule has 186 valence electrons. The van der Waals surface area contributed by atoms with Crippen LogP contribution in [0.5, 0.6) is 0 Å². The third-order valence-electron chi connectivity index (χ3n) is 6.00. The van der Waals surface area contributed by atoms with Gasteiger partial charge in [0.15, 0.2) is 6.29 Å². The minimum Gasteiger partial charge on any atom is -0.394 e. The van der Waals surface area contributed by atoms with Crippen molar-refractivity contribution in [2.45, 2.75) is 128 Å². The molecule has 0 saturated carbocycles. The van der Waals surface area contributed by atoms with E-state index in [1.165, 1.54) is 83.5 Å². The van der Waals surface area contributed by atoms with E-state index in [-0.39, 0.29) is 6.61 Å². The van der Waals surface area contributed by atoms with Gasteiger partial charge in [0.05, 0.1) is 19.8 Å². The second kappa shape index (κ2) is 19.2. The van der Waals surface area contributed by atoms with Gasteiger partial charge < -0.3 is 34.6 Å². The fourth-order valence-electron chi connectivity index (χ4n) is 3.93. The molecule has 0 aromatic carbocycles. The zero-order chi connectivity index (χ0) is 22.7. The Morgan fingerprint density at radius 2 is 1.13 bits per heavy atom. The predicted molar refractivity (Wildman–Crippen MR) is 121 cm³/mol. The molecule has 0 radical (unpaired) electrons. The molecule has 0 amide bonds. The number of hydrogen-bond acceptors (Lipinski definition) is 7. The molecule has 1 aliphatic rings. The molecule has 1 rings (SSSR count). The van der Waals surface area contributed by atoms with Crippen LogP contribution in [0.4, 0.5) is 0 Å². The second-order valence-corrected chi connectivity index (χ2v) is 8.78. The highest BCUT2D eigenvalue weighted by Crippen LogP contribution is 2.21. The standard InChI is InChI=1S/C24H48O7/c1-2-3-4-5-6-7-8-9-10-11-12-13-14-15-16-29-17-18-30-24-23(28)22(27)21(26)20(19-25)31-24/h20-28H,2-19H2,1H3/t20-,21+,22+,23-,24-/m1/s1. The largest absolute Gasteiger partial charge is 0.394 e. The van der Waals surface area contributed by atoms with E-state index in [1.54, 1.807) is 0 Å². The molecule has 5 atom stereocenters. The van der Waals surface area contributed by atoms with Crippen LogP contribution in [0.2, 0.25) is 0 Å². The number of aliphatic hydroxyl groups excluding tert-OH is 4. The molecular formula is C24H48O7. The Morgan fingerprint density at radius 3 is 1.65 bits per heavy atom. The van der Waals surface area contributed by atoms with E-state index in [1.807, 2.05) is 0 Å². The Hall–Kier alpha value is -0.280. The van der Waals surface area contributed by atoms with Gasteiger partial charge in [-0.25, -0.2) is 0 Å². The molecule has 1 fully saturated rings. The molecule has 1 saturated heterocycles. The lowest BCUT2D eigenvalue weighted by Gasteiger charge is -2.39. The third-order valence-corrected chi connectivity index (χ3v) is 6.00. The summed E-state index contributed by atoms with van der Waals surface area (Å²) in [6.07, 6.45) is 12.4. The summed E-state index contributed by atoms with van der Waals surface area (Å²) in [4.78, 5) is 0. The van der Waals surface area contributed by atoms with Gasteiger partial charge in [-0.05, 0) is 6.42 Å². The Labute approximate surface area is 189 Å². The predicted octanol–water partition coefficient (Wildman–Crippen LogP) is 3.30. The molecule has 31 heavy (non-hydrogen) atoms. The Kier molecular flexibility index (Phi) is 17.8. The number of hydrogen-bond donors (Lipinski definition) is 4. The summed E-state index contributed by atoms with van der Waals surface area (Å²) in [5.41, 5.74) is 0. The molecule has 0 aromatic rings. The lowest BCUT2D eigenvalue weighted by Crippen LogP contribution is -2.59. The first-order valence-corrected chi connectivity index (χ1v) is 12.6. The van der Waals surface area contributed by atoms with Crippen LogP contribution in [0.3, 0.4) is 0 Å². The van der Waals surface area contributed by atoms with E-state index in [0.717, 1.165) is 6.42 Å². The Balaban J connectivity index is 1.84. The highest BCUT2D eigenvalue weighted by molar-refractivity contribution is 4.88. The Morgan fingerprint density at radius 1 is 0.613 bits per heavy atom. The topological polar surface area (TPSA) is 109 Å². The van der Waals surface area contributed by atoms with Gasteiger partial charge in [-0.15, -0.1) is 0 Å². The van der Waals surface area contributed by atoms with Crippen molar-refractivity contribution in [3.63, 3.8) is 0 Å². The van der Waals surface area contributed by atoms with Crippen LogP contribution in [-0.4, -0.2) is 77.6 Å². The van der Waals surface area contributed by atoms with E-state index in [9.17, 15) is 15.3 Å². The van der Waals surface area contributed by atoms with Crippen molar-refractivity contribution >= 4 is 0 Å². The van der Waals surface area contributed by atoms with Crippen LogP contribution in [0.25, 0.3) is 0 Å². The Bertz CT molecular complexity index is 394. The molecule has 0 bridgehead atoms. The third kappa shape index (κ3) is 13.1. The number of unbranched alkanes of at least 4 members (excludes halogenated alkanes) is 13. The molecule has 1 heterocycles. The van der Waals surface area contributed by atoms with Gasteiger partial charge in [-0.3, -0.25) is 0 Å². The minimum absolute atomic E-state index is 0.210.